The van der Waals surface area contributed by atoms with Crippen LogP contribution in [0.1, 0.15) is 26.3 Å². The van der Waals surface area contributed by atoms with Crippen LogP contribution in [0.4, 0.5) is 11.5 Å². The van der Waals surface area contributed by atoms with Gasteiger partial charge >= 0.3 is 0 Å². The van der Waals surface area contributed by atoms with E-state index in [-0.39, 0.29) is 0 Å². The highest BCUT2D eigenvalue weighted by Gasteiger charge is 2.20. The van der Waals surface area contributed by atoms with Gasteiger partial charge < -0.3 is 16.2 Å². The molecule has 2 heterocycles. The first-order valence-electron chi connectivity index (χ1n) is 10.5. The molecule has 0 radical (unpaired) electrons. The summed E-state index contributed by atoms with van der Waals surface area (Å²) in [5.74, 6) is 6.27. The van der Waals surface area contributed by atoms with Crippen molar-refractivity contribution in [2.24, 2.45) is 5.73 Å². The summed E-state index contributed by atoms with van der Waals surface area (Å²) in [4.78, 5) is 8.68. The van der Waals surface area contributed by atoms with E-state index in [0.29, 0.717) is 16.9 Å². The number of hydrogen-bond donors (Lipinski definition) is 3. The van der Waals surface area contributed by atoms with Gasteiger partial charge in [0.1, 0.15) is 18.2 Å². The third-order valence-electron chi connectivity index (χ3n) is 5.28. The van der Waals surface area contributed by atoms with E-state index in [1.54, 1.807) is 39.1 Å². The first kappa shape index (κ1) is 22.7. The lowest BCUT2D eigenvalue weighted by Gasteiger charge is -2.12. The monoisotopic (exact) mass is 463 g/mol. The summed E-state index contributed by atoms with van der Waals surface area (Å²) in [7, 11) is -3.45. The van der Waals surface area contributed by atoms with E-state index in [9.17, 15) is 13.5 Å². The summed E-state index contributed by atoms with van der Waals surface area (Å²) < 4.78 is 26.5. The molecule has 0 saturated heterocycles. The van der Waals surface area contributed by atoms with E-state index in [2.05, 4.69) is 27.1 Å². The minimum atomic E-state index is -3.45. The van der Waals surface area contributed by atoms with E-state index >= 15 is 0 Å². The zero-order valence-electron chi connectivity index (χ0n) is 18.5. The number of rotatable bonds is 5. The summed E-state index contributed by atoms with van der Waals surface area (Å²) in [5, 5.41) is 14.2. The molecule has 0 fully saturated rings. The number of hydrogen-bond acceptors (Lipinski definition) is 7. The maximum Gasteiger partial charge on any atom is 0.241 e. The van der Waals surface area contributed by atoms with E-state index in [1.807, 2.05) is 30.3 Å². The first-order chi connectivity index (χ1) is 15.7. The zero-order chi connectivity index (χ0) is 23.8. The molecule has 9 heteroatoms. The molecule has 0 bridgehead atoms. The number of benzene rings is 2. The molecular weight excluding hydrogens is 438 g/mol. The number of fused-ring (bicyclic) bond motifs is 2. The van der Waals surface area contributed by atoms with Crippen molar-refractivity contribution in [1.29, 1.82) is 0 Å². The molecule has 33 heavy (non-hydrogen) atoms. The fraction of sp³-hybridized carbons (Fsp3) is 0.250. The van der Waals surface area contributed by atoms with Crippen LogP contribution in [0.3, 0.4) is 0 Å². The van der Waals surface area contributed by atoms with Gasteiger partial charge in [0, 0.05) is 34.3 Å². The van der Waals surface area contributed by atoms with Crippen LogP contribution < -0.4 is 11.1 Å². The molecule has 0 aliphatic rings. The molecule has 0 aliphatic heterocycles. The van der Waals surface area contributed by atoms with Gasteiger partial charge in [-0.15, -0.1) is 0 Å². The van der Waals surface area contributed by atoms with Crippen LogP contribution in [-0.2, 0) is 10.0 Å². The first-order valence-corrected chi connectivity index (χ1v) is 12.0. The van der Waals surface area contributed by atoms with E-state index in [4.69, 9.17) is 5.73 Å². The topological polar surface area (TPSA) is 123 Å². The number of aliphatic hydroxyl groups excluding tert-OH is 1. The van der Waals surface area contributed by atoms with Crippen LogP contribution in [0.2, 0.25) is 0 Å². The van der Waals surface area contributed by atoms with Crippen LogP contribution in [-0.4, -0.2) is 44.9 Å². The Hall–Kier alpha value is -3.45. The highest BCUT2D eigenvalue weighted by molar-refractivity contribution is 7.90. The summed E-state index contributed by atoms with van der Waals surface area (Å²) >= 11 is 0. The highest BCUT2D eigenvalue weighted by Crippen LogP contribution is 2.27. The average molecular weight is 464 g/mol. The zero-order valence-corrected chi connectivity index (χ0v) is 19.3. The third-order valence-corrected chi connectivity index (χ3v) is 7.34. The number of aliphatic hydroxyl groups is 1. The number of nitrogens with one attached hydrogen (secondary N) is 1. The second-order valence-corrected chi connectivity index (χ2v) is 10.5. The molecule has 4 aromatic rings. The molecule has 170 valence electrons. The van der Waals surface area contributed by atoms with Crippen molar-refractivity contribution in [2.75, 3.05) is 5.32 Å². The second-order valence-electron chi connectivity index (χ2n) is 8.13. The van der Waals surface area contributed by atoms with Gasteiger partial charge in [0.2, 0.25) is 10.0 Å². The standard InChI is InChI=1S/C24H25N5O3S/c1-15(2)33(31,32)29-11-10-18-13-19(6-8-22(18)29)28-24-20-12-17(5-9-23(30)16(3)25)4-7-21(20)26-14-27-24/h4,6-8,10-16,23,30H,25H2,1-3H3,(H,26,27,28). The quantitative estimate of drug-likeness (QED) is 0.389. The SMILES string of the molecule is CC(N)C(O)C#Cc1ccc2ncnc(Nc3ccc4c(ccn4S(=O)(=O)C(C)C)c3)c2c1. The van der Waals surface area contributed by atoms with Crippen molar-refractivity contribution < 1.29 is 13.5 Å². The van der Waals surface area contributed by atoms with Crippen LogP contribution in [0.5, 0.6) is 0 Å². The Morgan fingerprint density at radius 3 is 2.61 bits per heavy atom. The van der Waals surface area contributed by atoms with Crippen molar-refractivity contribution in [3.05, 3.63) is 60.6 Å². The van der Waals surface area contributed by atoms with Gasteiger partial charge in [-0.1, -0.05) is 11.8 Å². The smallest absolute Gasteiger partial charge is 0.241 e. The predicted octanol–water partition coefficient (Wildman–Crippen LogP) is 2.97. The highest BCUT2D eigenvalue weighted by atomic mass is 32.2. The van der Waals surface area contributed by atoms with E-state index in [1.165, 1.54) is 10.3 Å². The summed E-state index contributed by atoms with van der Waals surface area (Å²) in [6, 6.07) is 12.3. The van der Waals surface area contributed by atoms with Crippen molar-refractivity contribution in [2.45, 2.75) is 38.2 Å². The number of nitrogens with two attached hydrogens (primary N) is 1. The van der Waals surface area contributed by atoms with Crippen molar-refractivity contribution in [1.82, 2.24) is 13.9 Å². The number of aromatic nitrogens is 3. The van der Waals surface area contributed by atoms with Gasteiger partial charge in [-0.25, -0.2) is 22.4 Å². The molecule has 0 aliphatic carbocycles. The Morgan fingerprint density at radius 2 is 1.88 bits per heavy atom. The predicted molar refractivity (Wildman–Crippen MR) is 131 cm³/mol. The molecule has 4 rings (SSSR count). The van der Waals surface area contributed by atoms with Gasteiger partial charge in [-0.2, -0.15) is 0 Å². The molecule has 0 saturated carbocycles. The second kappa shape index (κ2) is 8.83. The summed E-state index contributed by atoms with van der Waals surface area (Å²) in [6.07, 6.45) is 2.13. The van der Waals surface area contributed by atoms with Crippen LogP contribution in [0.25, 0.3) is 21.8 Å². The van der Waals surface area contributed by atoms with Crippen molar-refractivity contribution in [3.8, 4) is 11.8 Å². The van der Waals surface area contributed by atoms with Crippen molar-refractivity contribution >= 4 is 43.3 Å². The van der Waals surface area contributed by atoms with E-state index in [0.717, 1.165) is 22.0 Å². The molecule has 0 amide bonds. The minimum Gasteiger partial charge on any atom is -0.379 e. The fourth-order valence-corrected chi connectivity index (χ4v) is 4.43. The molecule has 2 aromatic carbocycles. The van der Waals surface area contributed by atoms with Gasteiger partial charge in [0.25, 0.3) is 0 Å². The Bertz CT molecular complexity index is 1500. The van der Waals surface area contributed by atoms with Crippen LogP contribution >= 0.6 is 0 Å². The summed E-state index contributed by atoms with van der Waals surface area (Å²) in [6.45, 7) is 5.01. The maximum atomic E-state index is 12.6. The van der Waals surface area contributed by atoms with Gasteiger partial charge in [-0.3, -0.25) is 0 Å². The molecule has 4 N–H and O–H groups in total. The van der Waals surface area contributed by atoms with Gasteiger partial charge in [0.15, 0.2) is 0 Å². The molecule has 2 unspecified atom stereocenters. The maximum absolute atomic E-state index is 12.6. The Balaban J connectivity index is 1.69. The number of anilines is 2. The Morgan fingerprint density at radius 1 is 1.09 bits per heavy atom. The molecule has 2 atom stereocenters. The van der Waals surface area contributed by atoms with Crippen LogP contribution in [0.15, 0.2) is 55.0 Å². The Kier molecular flexibility index (Phi) is 6.08. The van der Waals surface area contributed by atoms with Crippen LogP contribution in [0, 0.1) is 11.8 Å². The third kappa shape index (κ3) is 4.54. The van der Waals surface area contributed by atoms with E-state index < -0.39 is 27.4 Å². The fourth-order valence-electron chi connectivity index (χ4n) is 3.30. The molecule has 8 nitrogen and oxygen atoms in total. The molecule has 0 spiro atoms. The Labute approximate surface area is 192 Å². The normalized spacial score (nSPS) is 13.6. The molecule has 2 aromatic heterocycles. The lowest BCUT2D eigenvalue weighted by atomic mass is 10.1. The van der Waals surface area contributed by atoms with Gasteiger partial charge in [-0.05, 0) is 63.2 Å². The lowest BCUT2D eigenvalue weighted by Crippen LogP contribution is -2.29. The number of nitrogens with zero attached hydrogens (tertiary/aromatic N) is 3. The molecular formula is C24H25N5O3S. The lowest BCUT2D eigenvalue weighted by molar-refractivity contribution is 0.207. The van der Waals surface area contributed by atoms with Crippen molar-refractivity contribution in [3.63, 3.8) is 0 Å². The minimum absolute atomic E-state index is 0.446. The average Bonchev–Trinajstić information content (AvgIpc) is 3.21. The largest absolute Gasteiger partial charge is 0.379 e. The summed E-state index contributed by atoms with van der Waals surface area (Å²) in [5.41, 5.74) is 8.47. The van der Waals surface area contributed by atoms with Gasteiger partial charge in [0.05, 0.1) is 16.3 Å².